The molecule has 1 aliphatic heterocycles. The van der Waals surface area contributed by atoms with Gasteiger partial charge in [-0.15, -0.1) is 0 Å². The number of anilines is 1. The summed E-state index contributed by atoms with van der Waals surface area (Å²) in [5.41, 5.74) is 0. The van der Waals surface area contributed by atoms with Gasteiger partial charge in [-0.2, -0.15) is 0 Å². The molecule has 1 aliphatic rings. The van der Waals surface area contributed by atoms with Crippen LogP contribution in [0.3, 0.4) is 0 Å². The maximum absolute atomic E-state index is 11.5. The van der Waals surface area contributed by atoms with E-state index >= 15 is 0 Å². The lowest BCUT2D eigenvalue weighted by atomic mass is 10.2. The molecule has 2 rings (SSSR count). The SMILES string of the molecule is CC(=O)N1c2ncccc2OC[C@@H]1CO. The minimum absolute atomic E-state index is 0.129. The zero-order valence-corrected chi connectivity index (χ0v) is 8.38. The molecule has 0 aliphatic carbocycles. The van der Waals surface area contributed by atoms with E-state index in [4.69, 9.17) is 9.84 Å². The van der Waals surface area contributed by atoms with E-state index < -0.39 is 0 Å². The van der Waals surface area contributed by atoms with Crippen LogP contribution in [0.2, 0.25) is 0 Å². The second kappa shape index (κ2) is 3.86. The molecule has 0 fully saturated rings. The van der Waals surface area contributed by atoms with Gasteiger partial charge in [0.15, 0.2) is 11.6 Å². The molecule has 1 atom stereocenters. The highest BCUT2D eigenvalue weighted by molar-refractivity contribution is 5.93. The van der Waals surface area contributed by atoms with Gasteiger partial charge in [0.25, 0.3) is 0 Å². The van der Waals surface area contributed by atoms with Crippen molar-refractivity contribution >= 4 is 11.7 Å². The molecule has 0 radical (unpaired) electrons. The zero-order chi connectivity index (χ0) is 10.8. The molecule has 0 bridgehead atoms. The van der Waals surface area contributed by atoms with Crippen LogP contribution in [-0.4, -0.2) is 35.3 Å². The normalized spacial score (nSPS) is 19.3. The molecule has 0 saturated heterocycles. The fourth-order valence-electron chi connectivity index (χ4n) is 1.65. The molecule has 5 nitrogen and oxygen atoms in total. The lowest BCUT2D eigenvalue weighted by molar-refractivity contribution is -0.117. The number of carbonyl (C=O) groups excluding carboxylic acids is 1. The molecular formula is C10H12N2O3. The Hall–Kier alpha value is -1.62. The Morgan fingerprint density at radius 1 is 1.80 bits per heavy atom. The Morgan fingerprint density at radius 3 is 3.27 bits per heavy atom. The summed E-state index contributed by atoms with van der Waals surface area (Å²) >= 11 is 0. The lowest BCUT2D eigenvalue weighted by Crippen LogP contribution is -2.48. The third kappa shape index (κ3) is 1.66. The molecule has 0 aromatic carbocycles. The molecule has 80 valence electrons. The minimum Gasteiger partial charge on any atom is -0.487 e. The molecule has 15 heavy (non-hydrogen) atoms. The summed E-state index contributed by atoms with van der Waals surface area (Å²) in [7, 11) is 0. The van der Waals surface area contributed by atoms with E-state index in [1.54, 1.807) is 18.3 Å². The van der Waals surface area contributed by atoms with E-state index in [9.17, 15) is 4.79 Å². The molecule has 0 saturated carbocycles. The van der Waals surface area contributed by atoms with Gasteiger partial charge in [-0.1, -0.05) is 0 Å². The molecular weight excluding hydrogens is 196 g/mol. The number of hydrogen-bond acceptors (Lipinski definition) is 4. The summed E-state index contributed by atoms with van der Waals surface area (Å²) in [6, 6.07) is 3.16. The lowest BCUT2D eigenvalue weighted by Gasteiger charge is -2.34. The maximum atomic E-state index is 11.5. The van der Waals surface area contributed by atoms with Crippen molar-refractivity contribution in [2.24, 2.45) is 0 Å². The second-order valence-corrected chi connectivity index (χ2v) is 3.36. The number of ether oxygens (including phenoxy) is 1. The van der Waals surface area contributed by atoms with E-state index in [1.807, 2.05) is 0 Å². The molecule has 1 N–H and O–H groups in total. The monoisotopic (exact) mass is 208 g/mol. The van der Waals surface area contributed by atoms with Crippen molar-refractivity contribution in [3.8, 4) is 5.75 Å². The van der Waals surface area contributed by atoms with Crippen LogP contribution in [0.4, 0.5) is 5.82 Å². The summed E-state index contributed by atoms with van der Waals surface area (Å²) < 4.78 is 5.39. The average molecular weight is 208 g/mol. The Bertz CT molecular complexity index is 381. The van der Waals surface area contributed by atoms with Crippen molar-refractivity contribution in [1.82, 2.24) is 4.98 Å². The van der Waals surface area contributed by atoms with Gasteiger partial charge in [0, 0.05) is 13.1 Å². The zero-order valence-electron chi connectivity index (χ0n) is 8.38. The Morgan fingerprint density at radius 2 is 2.60 bits per heavy atom. The van der Waals surface area contributed by atoms with Crippen molar-refractivity contribution in [1.29, 1.82) is 0 Å². The van der Waals surface area contributed by atoms with Crippen molar-refractivity contribution in [2.45, 2.75) is 13.0 Å². The first-order valence-electron chi connectivity index (χ1n) is 4.72. The summed E-state index contributed by atoms with van der Waals surface area (Å²) in [4.78, 5) is 17.0. The summed E-state index contributed by atoms with van der Waals surface area (Å²) in [6.45, 7) is 1.62. The van der Waals surface area contributed by atoms with E-state index in [2.05, 4.69) is 4.98 Å². The van der Waals surface area contributed by atoms with Gasteiger partial charge in [0.2, 0.25) is 5.91 Å². The van der Waals surface area contributed by atoms with Gasteiger partial charge in [-0.25, -0.2) is 4.98 Å². The van der Waals surface area contributed by atoms with Gasteiger partial charge in [0.05, 0.1) is 12.6 Å². The first-order valence-corrected chi connectivity index (χ1v) is 4.72. The van der Waals surface area contributed by atoms with E-state index in [0.29, 0.717) is 18.2 Å². The van der Waals surface area contributed by atoms with Crippen LogP contribution in [-0.2, 0) is 4.79 Å². The fourth-order valence-corrected chi connectivity index (χ4v) is 1.65. The number of fused-ring (bicyclic) bond motifs is 1. The largest absolute Gasteiger partial charge is 0.487 e. The van der Waals surface area contributed by atoms with Crippen molar-refractivity contribution in [3.05, 3.63) is 18.3 Å². The number of carbonyl (C=O) groups is 1. The van der Waals surface area contributed by atoms with Crippen molar-refractivity contribution in [2.75, 3.05) is 18.1 Å². The Balaban J connectivity index is 2.43. The maximum Gasteiger partial charge on any atom is 0.225 e. The van der Waals surface area contributed by atoms with Crippen LogP contribution < -0.4 is 9.64 Å². The number of rotatable bonds is 1. The van der Waals surface area contributed by atoms with Gasteiger partial charge in [-0.3, -0.25) is 9.69 Å². The first-order chi connectivity index (χ1) is 7.24. The van der Waals surface area contributed by atoms with Crippen LogP contribution in [0.15, 0.2) is 18.3 Å². The molecule has 0 spiro atoms. The number of aromatic nitrogens is 1. The van der Waals surface area contributed by atoms with Crippen LogP contribution in [0, 0.1) is 0 Å². The number of aliphatic hydroxyl groups excluding tert-OH is 1. The van der Waals surface area contributed by atoms with E-state index in [0.717, 1.165) is 0 Å². The summed E-state index contributed by atoms with van der Waals surface area (Å²) in [6.07, 6.45) is 1.60. The van der Waals surface area contributed by atoms with E-state index in [1.165, 1.54) is 11.8 Å². The van der Waals surface area contributed by atoms with Gasteiger partial charge in [-0.05, 0) is 12.1 Å². The number of hydrogen-bond donors (Lipinski definition) is 1. The van der Waals surface area contributed by atoms with Crippen LogP contribution in [0.5, 0.6) is 5.75 Å². The van der Waals surface area contributed by atoms with Crippen LogP contribution in [0.25, 0.3) is 0 Å². The number of nitrogens with zero attached hydrogens (tertiary/aromatic N) is 2. The molecule has 5 heteroatoms. The standard InChI is InChI=1S/C10H12N2O3/c1-7(14)12-8(5-13)6-15-9-3-2-4-11-10(9)12/h2-4,8,13H,5-6H2,1H3/t8-/m0/s1. The molecule has 1 amide bonds. The minimum atomic E-state index is -0.343. The highest BCUT2D eigenvalue weighted by atomic mass is 16.5. The second-order valence-electron chi connectivity index (χ2n) is 3.36. The molecule has 2 heterocycles. The third-order valence-corrected chi connectivity index (χ3v) is 2.33. The Kier molecular flexibility index (Phi) is 2.55. The fraction of sp³-hybridized carbons (Fsp3) is 0.400. The first kappa shape index (κ1) is 9.92. The molecule has 0 unspecified atom stereocenters. The third-order valence-electron chi connectivity index (χ3n) is 2.33. The number of aliphatic hydroxyl groups is 1. The molecule has 1 aromatic rings. The quantitative estimate of drug-likeness (QED) is 0.715. The van der Waals surface area contributed by atoms with Gasteiger partial charge in [0.1, 0.15) is 6.61 Å². The van der Waals surface area contributed by atoms with E-state index in [-0.39, 0.29) is 18.6 Å². The van der Waals surface area contributed by atoms with Crippen LogP contribution >= 0.6 is 0 Å². The highest BCUT2D eigenvalue weighted by Gasteiger charge is 2.30. The van der Waals surface area contributed by atoms with Gasteiger partial charge < -0.3 is 9.84 Å². The summed E-state index contributed by atoms with van der Waals surface area (Å²) in [5, 5.41) is 9.13. The van der Waals surface area contributed by atoms with Crippen LogP contribution in [0.1, 0.15) is 6.92 Å². The Labute approximate surface area is 87.3 Å². The van der Waals surface area contributed by atoms with Gasteiger partial charge >= 0.3 is 0 Å². The van der Waals surface area contributed by atoms with Crippen molar-refractivity contribution in [3.63, 3.8) is 0 Å². The predicted molar refractivity (Wildman–Crippen MR) is 53.8 cm³/mol. The smallest absolute Gasteiger partial charge is 0.225 e. The predicted octanol–water partition coefficient (Wildman–Crippen LogP) is 0.188. The average Bonchev–Trinajstić information content (AvgIpc) is 2.27. The number of pyridine rings is 1. The van der Waals surface area contributed by atoms with Crippen molar-refractivity contribution < 1.29 is 14.6 Å². The molecule has 1 aromatic heterocycles. The topological polar surface area (TPSA) is 62.7 Å². The highest BCUT2D eigenvalue weighted by Crippen LogP contribution is 2.30. The number of amides is 1. The summed E-state index contributed by atoms with van der Waals surface area (Å²) in [5.74, 6) is 0.921.